The zero-order valence-corrected chi connectivity index (χ0v) is 13.5. The van der Waals surface area contributed by atoms with Gasteiger partial charge < -0.3 is 10.6 Å². The molecule has 0 saturated carbocycles. The molecule has 0 saturated heterocycles. The third kappa shape index (κ3) is 4.01. The van der Waals surface area contributed by atoms with Gasteiger partial charge in [-0.15, -0.1) is 11.3 Å². The summed E-state index contributed by atoms with van der Waals surface area (Å²) in [4.78, 5) is 21.7. The Morgan fingerprint density at radius 1 is 1.38 bits per heavy atom. The van der Waals surface area contributed by atoms with Crippen LogP contribution in [0, 0.1) is 6.92 Å². The monoisotopic (exact) mass is 304 g/mol. The normalized spacial score (nSPS) is 12.8. The smallest absolute Gasteiger partial charge is 0.316 e. The fraction of sp³-hybridized carbons (Fsp3) is 0.400. The van der Waals surface area contributed by atoms with E-state index < -0.39 is 5.54 Å². The van der Waals surface area contributed by atoms with Crippen molar-refractivity contribution in [3.63, 3.8) is 0 Å². The number of aryl methyl sites for hydroxylation is 1. The second kappa shape index (κ2) is 6.22. The third-order valence-electron chi connectivity index (χ3n) is 3.11. The van der Waals surface area contributed by atoms with E-state index in [2.05, 4.69) is 20.6 Å². The second-order valence-corrected chi connectivity index (χ2v) is 6.74. The molecule has 2 aromatic heterocycles. The second-order valence-electron chi connectivity index (χ2n) is 5.51. The molecule has 5 nitrogen and oxygen atoms in total. The van der Waals surface area contributed by atoms with Crippen molar-refractivity contribution in [2.45, 2.75) is 39.3 Å². The van der Waals surface area contributed by atoms with Crippen molar-refractivity contribution < 1.29 is 4.79 Å². The average molecular weight is 304 g/mol. The molecule has 0 spiro atoms. The van der Waals surface area contributed by atoms with E-state index in [-0.39, 0.29) is 12.1 Å². The van der Waals surface area contributed by atoms with Crippen molar-refractivity contribution in [2.75, 3.05) is 0 Å². The number of nitrogens with one attached hydrogen (secondary N) is 2. The van der Waals surface area contributed by atoms with E-state index in [1.165, 1.54) is 0 Å². The van der Waals surface area contributed by atoms with Crippen LogP contribution in [0.1, 0.15) is 42.3 Å². The van der Waals surface area contributed by atoms with E-state index in [0.717, 1.165) is 15.4 Å². The highest BCUT2D eigenvalue weighted by Crippen LogP contribution is 2.24. The molecule has 2 aromatic rings. The number of thiazole rings is 1. The van der Waals surface area contributed by atoms with Crippen LogP contribution in [-0.2, 0) is 5.54 Å². The summed E-state index contributed by atoms with van der Waals surface area (Å²) in [5.74, 6) is 0. The van der Waals surface area contributed by atoms with Crippen molar-refractivity contribution in [1.82, 2.24) is 20.6 Å². The summed E-state index contributed by atoms with van der Waals surface area (Å²) in [5, 5.41) is 6.77. The Bertz CT molecular complexity index is 609. The van der Waals surface area contributed by atoms with Crippen LogP contribution < -0.4 is 10.6 Å². The maximum atomic E-state index is 12.2. The van der Waals surface area contributed by atoms with E-state index in [9.17, 15) is 4.79 Å². The average Bonchev–Trinajstić information content (AvgIpc) is 2.86. The third-order valence-corrected chi connectivity index (χ3v) is 4.35. The van der Waals surface area contributed by atoms with Crippen LogP contribution in [-0.4, -0.2) is 16.0 Å². The first-order valence-electron chi connectivity index (χ1n) is 6.80. The number of urea groups is 1. The minimum Gasteiger partial charge on any atom is -0.332 e. The lowest BCUT2D eigenvalue weighted by molar-refractivity contribution is 0.227. The lowest BCUT2D eigenvalue weighted by Crippen LogP contribution is -2.47. The summed E-state index contributed by atoms with van der Waals surface area (Å²) in [6.45, 7) is 7.82. The van der Waals surface area contributed by atoms with Crippen LogP contribution in [0.3, 0.4) is 0 Å². The number of carbonyl (C=O) groups is 1. The molecule has 0 aliphatic heterocycles. The van der Waals surface area contributed by atoms with Crippen LogP contribution in [0.4, 0.5) is 4.79 Å². The summed E-state index contributed by atoms with van der Waals surface area (Å²) in [5.41, 5.74) is 0.466. The van der Waals surface area contributed by atoms with Gasteiger partial charge in [0.25, 0.3) is 0 Å². The van der Waals surface area contributed by atoms with E-state index in [4.69, 9.17) is 0 Å². The lowest BCUT2D eigenvalue weighted by atomic mass is 10.1. The maximum absolute atomic E-state index is 12.2. The van der Waals surface area contributed by atoms with Gasteiger partial charge in [0.15, 0.2) is 0 Å². The van der Waals surface area contributed by atoms with Crippen LogP contribution >= 0.6 is 11.3 Å². The van der Waals surface area contributed by atoms with Gasteiger partial charge in [-0.3, -0.25) is 4.98 Å². The van der Waals surface area contributed by atoms with Gasteiger partial charge in [-0.1, -0.05) is 6.07 Å². The Morgan fingerprint density at radius 3 is 2.71 bits per heavy atom. The molecule has 0 aromatic carbocycles. The first-order chi connectivity index (χ1) is 9.88. The Kier molecular flexibility index (Phi) is 4.57. The van der Waals surface area contributed by atoms with Crippen LogP contribution in [0.5, 0.6) is 0 Å². The Morgan fingerprint density at radius 2 is 2.14 bits per heavy atom. The van der Waals surface area contributed by atoms with Gasteiger partial charge in [0.05, 0.1) is 11.6 Å². The largest absolute Gasteiger partial charge is 0.332 e. The summed E-state index contributed by atoms with van der Waals surface area (Å²) < 4.78 is 0. The number of carbonyl (C=O) groups excluding carboxylic acids is 1. The Hall–Kier alpha value is -1.95. The minimum atomic E-state index is -0.502. The van der Waals surface area contributed by atoms with Gasteiger partial charge in [-0.05, 0) is 39.3 Å². The van der Waals surface area contributed by atoms with Crippen molar-refractivity contribution >= 4 is 17.4 Å². The van der Waals surface area contributed by atoms with Crippen molar-refractivity contribution in [3.8, 4) is 0 Å². The summed E-state index contributed by atoms with van der Waals surface area (Å²) in [6.07, 6.45) is 5.28. The van der Waals surface area contributed by atoms with Crippen LogP contribution in [0.15, 0.2) is 30.7 Å². The number of rotatable bonds is 4. The summed E-state index contributed by atoms with van der Waals surface area (Å²) in [6, 6.07) is 3.47. The standard InChI is InChI=1S/C15H20N4OS/c1-10-8-17-13(21-10)15(3,4)19-14(20)18-11(2)12-6-5-7-16-9-12/h5-9,11H,1-4H3,(H2,18,19,20)/t11-/m0/s1. The first-order valence-corrected chi connectivity index (χ1v) is 7.61. The highest BCUT2D eigenvalue weighted by Gasteiger charge is 2.26. The SMILES string of the molecule is Cc1cnc(C(C)(C)NC(=O)N[C@@H](C)c2cccnc2)s1. The van der Waals surface area contributed by atoms with Crippen molar-refractivity contribution in [2.24, 2.45) is 0 Å². The topological polar surface area (TPSA) is 66.9 Å². The van der Waals surface area contributed by atoms with Gasteiger partial charge in [-0.2, -0.15) is 0 Å². The summed E-state index contributed by atoms with van der Waals surface area (Å²) >= 11 is 1.59. The molecule has 2 heterocycles. The highest BCUT2D eigenvalue weighted by atomic mass is 32.1. The molecule has 1 atom stereocenters. The molecule has 0 unspecified atom stereocenters. The van der Waals surface area contributed by atoms with Crippen LogP contribution in [0.2, 0.25) is 0 Å². The highest BCUT2D eigenvalue weighted by molar-refractivity contribution is 7.11. The number of aromatic nitrogens is 2. The number of amides is 2. The summed E-state index contributed by atoms with van der Waals surface area (Å²) in [7, 11) is 0. The lowest BCUT2D eigenvalue weighted by Gasteiger charge is -2.25. The van der Waals surface area contributed by atoms with Gasteiger partial charge in [0.2, 0.25) is 0 Å². The zero-order valence-electron chi connectivity index (χ0n) is 12.7. The molecule has 0 fully saturated rings. The van der Waals surface area contributed by atoms with E-state index in [0.29, 0.717) is 0 Å². The molecule has 0 aliphatic rings. The van der Waals surface area contributed by atoms with Gasteiger partial charge in [0.1, 0.15) is 5.01 Å². The fourth-order valence-electron chi connectivity index (χ4n) is 1.93. The number of hydrogen-bond acceptors (Lipinski definition) is 4. The van der Waals surface area contributed by atoms with E-state index in [1.54, 1.807) is 23.7 Å². The van der Waals surface area contributed by atoms with E-state index >= 15 is 0 Å². The molecule has 0 radical (unpaired) electrons. The molecule has 0 bridgehead atoms. The number of hydrogen-bond donors (Lipinski definition) is 2. The molecule has 6 heteroatoms. The molecule has 2 N–H and O–H groups in total. The molecule has 0 aliphatic carbocycles. The molecular formula is C15H20N4OS. The predicted octanol–water partition coefficient (Wildman–Crippen LogP) is 3.14. The van der Waals surface area contributed by atoms with Crippen molar-refractivity contribution in [3.05, 3.63) is 46.2 Å². The minimum absolute atomic E-state index is 0.104. The Balaban J connectivity index is 1.98. The van der Waals surface area contributed by atoms with E-state index in [1.807, 2.05) is 46.0 Å². The predicted molar refractivity (Wildman–Crippen MR) is 84.2 cm³/mol. The Labute approximate surface area is 128 Å². The number of pyridine rings is 1. The fourth-order valence-corrected chi connectivity index (χ4v) is 2.75. The maximum Gasteiger partial charge on any atom is 0.316 e. The molecule has 2 rings (SSSR count). The molecule has 21 heavy (non-hydrogen) atoms. The van der Waals surface area contributed by atoms with Crippen LogP contribution in [0.25, 0.3) is 0 Å². The quantitative estimate of drug-likeness (QED) is 0.912. The zero-order chi connectivity index (χ0) is 15.5. The number of nitrogens with zero attached hydrogens (tertiary/aromatic N) is 2. The molecular weight excluding hydrogens is 284 g/mol. The van der Waals surface area contributed by atoms with Gasteiger partial charge >= 0.3 is 6.03 Å². The van der Waals surface area contributed by atoms with Gasteiger partial charge in [-0.25, -0.2) is 9.78 Å². The van der Waals surface area contributed by atoms with Crippen molar-refractivity contribution in [1.29, 1.82) is 0 Å². The van der Waals surface area contributed by atoms with Gasteiger partial charge in [0, 0.05) is 23.5 Å². The molecule has 2 amide bonds. The molecule has 112 valence electrons. The first kappa shape index (κ1) is 15.4.